The fourth-order valence-corrected chi connectivity index (χ4v) is 4.39. The van der Waals surface area contributed by atoms with E-state index in [0.29, 0.717) is 36.0 Å². The van der Waals surface area contributed by atoms with Crippen LogP contribution in [0.3, 0.4) is 0 Å². The maximum absolute atomic E-state index is 13.2. The zero-order chi connectivity index (χ0) is 25.7. The molecule has 0 bridgehead atoms. The van der Waals surface area contributed by atoms with Gasteiger partial charge in [0.15, 0.2) is 5.82 Å². The summed E-state index contributed by atoms with van der Waals surface area (Å²) in [5.74, 6) is 1.17. The van der Waals surface area contributed by atoms with E-state index in [0.717, 1.165) is 53.8 Å². The third-order valence-electron chi connectivity index (χ3n) is 6.00. The second-order valence-electron chi connectivity index (χ2n) is 9.11. The van der Waals surface area contributed by atoms with E-state index in [9.17, 15) is 17.6 Å². The Bertz CT molecular complexity index is 1330. The van der Waals surface area contributed by atoms with Crippen LogP contribution in [0.2, 0.25) is 0 Å². The molecule has 1 amide bonds. The van der Waals surface area contributed by atoms with E-state index in [4.69, 9.17) is 4.52 Å². The molecule has 0 spiro atoms. The number of anilines is 1. The molecule has 1 aliphatic rings. The monoisotopic (exact) mass is 515 g/mol. The number of unbranched alkanes of at least 4 members (excludes halogenated alkanes) is 2. The van der Waals surface area contributed by atoms with Gasteiger partial charge in [-0.05, 0) is 43.4 Å². The maximum atomic E-state index is 13.2. The first-order valence-electron chi connectivity index (χ1n) is 12.0. The highest BCUT2D eigenvalue weighted by Crippen LogP contribution is 2.38. The number of nitrogens with zero attached hydrogens (tertiary/aromatic N) is 5. The van der Waals surface area contributed by atoms with Crippen LogP contribution in [-0.2, 0) is 21.2 Å². The van der Waals surface area contributed by atoms with Crippen LogP contribution in [-0.4, -0.2) is 46.5 Å². The Balaban J connectivity index is 1.41. The number of amides is 1. The number of hydrogen-bond donors (Lipinski definition) is 0. The molecule has 0 unspecified atom stereocenters. The van der Waals surface area contributed by atoms with Gasteiger partial charge in [0.05, 0.1) is 24.5 Å². The number of carbonyl (C=O) groups excluding carboxylic acids is 1. The molecule has 36 heavy (non-hydrogen) atoms. The standard InChI is InChI=1S/C25H30FN5O4S/c1-18(26)10-13-24(32)30(14-5-3-4-9-23-28-25(29-35-23)19-11-12-19)22-8-6-7-20(15-22)21-16-27-31(17-21)36(2,33)34/h6-8,15-17,19H,1,3-5,9-14H2,2H3. The van der Waals surface area contributed by atoms with Crippen LogP contribution in [0.1, 0.15) is 62.6 Å². The van der Waals surface area contributed by atoms with E-state index in [1.54, 1.807) is 11.0 Å². The number of benzene rings is 1. The van der Waals surface area contributed by atoms with E-state index in [2.05, 4.69) is 21.8 Å². The zero-order valence-electron chi connectivity index (χ0n) is 20.3. The number of halogens is 1. The Labute approximate surface area is 210 Å². The molecule has 2 aromatic heterocycles. The van der Waals surface area contributed by atoms with Crippen LogP contribution in [0.5, 0.6) is 0 Å². The first-order chi connectivity index (χ1) is 17.2. The van der Waals surface area contributed by atoms with Gasteiger partial charge in [0.1, 0.15) is 0 Å². The lowest BCUT2D eigenvalue weighted by molar-refractivity contribution is -0.118. The Morgan fingerprint density at radius 2 is 2.03 bits per heavy atom. The van der Waals surface area contributed by atoms with Gasteiger partial charge in [-0.2, -0.15) is 14.2 Å². The molecule has 11 heteroatoms. The summed E-state index contributed by atoms with van der Waals surface area (Å²) in [6.45, 7) is 3.71. The number of aryl methyl sites for hydroxylation is 1. The Hall–Kier alpha value is -3.34. The normalized spacial score (nSPS) is 13.6. The summed E-state index contributed by atoms with van der Waals surface area (Å²) in [6, 6.07) is 7.23. The van der Waals surface area contributed by atoms with Crippen molar-refractivity contribution in [1.29, 1.82) is 0 Å². The number of rotatable bonds is 13. The summed E-state index contributed by atoms with van der Waals surface area (Å²) in [4.78, 5) is 19.1. The Morgan fingerprint density at radius 3 is 2.72 bits per heavy atom. The predicted octanol–water partition coefficient (Wildman–Crippen LogP) is 4.63. The van der Waals surface area contributed by atoms with Gasteiger partial charge in [-0.15, -0.1) is 0 Å². The minimum atomic E-state index is -3.50. The fourth-order valence-electron chi connectivity index (χ4n) is 3.86. The lowest BCUT2D eigenvalue weighted by Gasteiger charge is -2.23. The van der Waals surface area contributed by atoms with Gasteiger partial charge in [0.2, 0.25) is 11.8 Å². The summed E-state index contributed by atoms with van der Waals surface area (Å²) in [6.07, 6.45) is 9.32. The minimum absolute atomic E-state index is 0.0114. The van der Waals surface area contributed by atoms with Gasteiger partial charge in [-0.1, -0.05) is 30.3 Å². The van der Waals surface area contributed by atoms with Crippen molar-refractivity contribution in [2.24, 2.45) is 0 Å². The van der Waals surface area contributed by atoms with Crippen molar-refractivity contribution in [1.82, 2.24) is 19.3 Å². The van der Waals surface area contributed by atoms with E-state index < -0.39 is 15.9 Å². The summed E-state index contributed by atoms with van der Waals surface area (Å²) >= 11 is 0. The van der Waals surface area contributed by atoms with Crippen molar-refractivity contribution >= 4 is 21.6 Å². The van der Waals surface area contributed by atoms with Gasteiger partial charge in [0, 0.05) is 43.0 Å². The predicted molar refractivity (Wildman–Crippen MR) is 134 cm³/mol. The molecule has 0 aliphatic heterocycles. The third kappa shape index (κ3) is 6.87. The van der Waals surface area contributed by atoms with Gasteiger partial charge < -0.3 is 9.42 Å². The highest BCUT2D eigenvalue weighted by atomic mass is 32.2. The first-order valence-corrected chi connectivity index (χ1v) is 13.9. The molecule has 1 saturated carbocycles. The molecule has 3 aromatic rings. The molecule has 0 N–H and O–H groups in total. The lowest BCUT2D eigenvalue weighted by Crippen LogP contribution is -2.31. The van der Waals surface area contributed by atoms with Crippen molar-refractivity contribution < 1.29 is 22.1 Å². The quantitative estimate of drug-likeness (QED) is 0.305. The molecule has 1 fully saturated rings. The van der Waals surface area contributed by atoms with Crippen LogP contribution in [0.25, 0.3) is 11.1 Å². The number of aromatic nitrogens is 4. The van der Waals surface area contributed by atoms with Crippen LogP contribution < -0.4 is 4.90 Å². The lowest BCUT2D eigenvalue weighted by atomic mass is 10.1. The average Bonchev–Trinajstić information content (AvgIpc) is 3.36. The molecule has 1 aliphatic carbocycles. The number of allylic oxidation sites excluding steroid dienone is 1. The van der Waals surface area contributed by atoms with Gasteiger partial charge >= 0.3 is 0 Å². The molecule has 4 rings (SSSR count). The number of hydrogen-bond acceptors (Lipinski definition) is 7. The molecular weight excluding hydrogens is 485 g/mol. The second-order valence-corrected chi connectivity index (χ2v) is 10.9. The van der Waals surface area contributed by atoms with Gasteiger partial charge in [-0.3, -0.25) is 4.79 Å². The van der Waals surface area contributed by atoms with E-state index in [1.165, 1.54) is 12.4 Å². The first kappa shape index (κ1) is 25.7. The van der Waals surface area contributed by atoms with Crippen LogP contribution in [0.15, 0.2) is 53.6 Å². The molecule has 0 atom stereocenters. The molecular formula is C25H30FN5O4S. The second kappa shape index (κ2) is 11.2. The molecule has 9 nitrogen and oxygen atoms in total. The summed E-state index contributed by atoms with van der Waals surface area (Å²) < 4.78 is 43.0. The van der Waals surface area contributed by atoms with E-state index in [1.807, 2.05) is 18.2 Å². The van der Waals surface area contributed by atoms with Crippen LogP contribution >= 0.6 is 0 Å². The van der Waals surface area contributed by atoms with Crippen molar-refractivity contribution in [2.75, 3.05) is 17.7 Å². The fraction of sp³-hybridized carbons (Fsp3) is 0.440. The van der Waals surface area contributed by atoms with Crippen LogP contribution in [0.4, 0.5) is 10.1 Å². The van der Waals surface area contributed by atoms with E-state index in [-0.39, 0.29) is 18.7 Å². The molecule has 2 heterocycles. The van der Waals surface area contributed by atoms with Gasteiger partial charge in [0.25, 0.3) is 10.0 Å². The summed E-state index contributed by atoms with van der Waals surface area (Å²) in [7, 11) is -3.50. The Morgan fingerprint density at radius 1 is 1.22 bits per heavy atom. The molecule has 0 saturated heterocycles. The minimum Gasteiger partial charge on any atom is -0.339 e. The van der Waals surface area contributed by atoms with Crippen LogP contribution in [0, 0.1) is 0 Å². The topological polar surface area (TPSA) is 111 Å². The molecule has 0 radical (unpaired) electrons. The summed E-state index contributed by atoms with van der Waals surface area (Å²) in [5, 5.41) is 7.95. The third-order valence-corrected chi connectivity index (χ3v) is 6.88. The maximum Gasteiger partial charge on any atom is 0.250 e. The zero-order valence-corrected chi connectivity index (χ0v) is 21.1. The van der Waals surface area contributed by atoms with E-state index >= 15 is 0 Å². The SMILES string of the molecule is C=C(F)CCC(=O)N(CCCCCc1nc(C2CC2)no1)c1cccc(-c2cnn(S(C)(=O)=O)c2)c1. The van der Waals surface area contributed by atoms with Crippen molar-refractivity contribution in [3.63, 3.8) is 0 Å². The largest absolute Gasteiger partial charge is 0.339 e. The van der Waals surface area contributed by atoms with Gasteiger partial charge in [-0.25, -0.2) is 12.8 Å². The summed E-state index contributed by atoms with van der Waals surface area (Å²) in [5.41, 5.74) is 1.98. The Kier molecular flexibility index (Phi) is 7.97. The average molecular weight is 516 g/mol. The number of carbonyl (C=O) groups is 1. The molecule has 1 aromatic carbocycles. The van der Waals surface area contributed by atoms with Crippen molar-refractivity contribution in [3.8, 4) is 11.1 Å². The van der Waals surface area contributed by atoms with Crippen molar-refractivity contribution in [3.05, 3.63) is 60.8 Å². The van der Waals surface area contributed by atoms with Crippen molar-refractivity contribution in [2.45, 2.75) is 57.3 Å². The smallest absolute Gasteiger partial charge is 0.250 e. The highest BCUT2D eigenvalue weighted by molar-refractivity contribution is 7.89. The highest BCUT2D eigenvalue weighted by Gasteiger charge is 2.28. The molecule has 192 valence electrons.